The lowest BCUT2D eigenvalue weighted by Crippen LogP contribution is -2.14. The van der Waals surface area contributed by atoms with Crippen molar-refractivity contribution in [1.29, 1.82) is 0 Å². The Labute approximate surface area is 186 Å². The van der Waals surface area contributed by atoms with Gasteiger partial charge in [0.1, 0.15) is 5.75 Å². The van der Waals surface area contributed by atoms with Crippen molar-refractivity contribution in [3.8, 4) is 17.2 Å². The Morgan fingerprint density at radius 2 is 1.52 bits per heavy atom. The quantitative estimate of drug-likeness (QED) is 0.402. The van der Waals surface area contributed by atoms with Crippen LogP contribution in [0.3, 0.4) is 0 Å². The lowest BCUT2D eigenvalue weighted by molar-refractivity contribution is -0.143. The van der Waals surface area contributed by atoms with Crippen LogP contribution in [0.5, 0.6) is 17.2 Å². The van der Waals surface area contributed by atoms with Gasteiger partial charge in [0.05, 0.1) is 19.1 Å². The molecule has 0 amide bonds. The number of aliphatic carboxylic acids is 1. The maximum absolute atomic E-state index is 13.2. The second-order valence-electron chi connectivity index (χ2n) is 6.64. The molecule has 0 bridgehead atoms. The number of methoxy groups -OCH3 is 1. The van der Waals surface area contributed by atoms with E-state index in [9.17, 15) is 32.7 Å². The first kappa shape index (κ1) is 25.2. The summed E-state index contributed by atoms with van der Waals surface area (Å²) < 4.78 is 49.3. The normalized spacial score (nSPS) is 11.6. The van der Waals surface area contributed by atoms with Gasteiger partial charge in [-0.3, -0.25) is 9.59 Å². The van der Waals surface area contributed by atoms with Gasteiger partial charge in [0.2, 0.25) is 0 Å². The van der Waals surface area contributed by atoms with Gasteiger partial charge in [-0.05, 0) is 47.5 Å². The number of carbonyl (C=O) groups excluding carboxylic acids is 2. The third-order valence-electron chi connectivity index (χ3n) is 4.14. The number of carboxylic acid groups (broad SMARTS) is 1. The molecule has 0 radical (unpaired) electrons. The first-order valence-electron chi connectivity index (χ1n) is 9.34. The molecular weight excluding hydrogens is 445 g/mol. The van der Waals surface area contributed by atoms with Crippen LogP contribution in [0.4, 0.5) is 13.2 Å². The van der Waals surface area contributed by atoms with Crippen LogP contribution in [0.1, 0.15) is 23.1 Å². The van der Waals surface area contributed by atoms with Crippen molar-refractivity contribution in [2.75, 3.05) is 13.7 Å². The molecule has 2 aromatic rings. The molecule has 0 aromatic heterocycles. The predicted octanol–water partition coefficient (Wildman–Crippen LogP) is 4.14. The fourth-order valence-corrected chi connectivity index (χ4v) is 2.60. The number of rotatable bonds is 10. The largest absolute Gasteiger partial charge is 0.504 e. The van der Waals surface area contributed by atoms with E-state index in [1.165, 1.54) is 37.5 Å². The number of phenols is 1. The number of ether oxygens (including phenoxy) is 2. The van der Waals surface area contributed by atoms with Crippen molar-refractivity contribution >= 4 is 29.7 Å². The molecule has 10 heteroatoms. The van der Waals surface area contributed by atoms with Crippen LogP contribution in [0.2, 0.25) is 0 Å². The topological polar surface area (TPSA) is 110 Å². The standard InChI is InChI=1S/C23H19F3O7/c1-32-21-11-15(4-8-19(21)29)3-7-17(28)12-16(27)6-2-14-5-9-20(33-13-22(30)31)18(10-14)23(24,25)26/h2-11,29H,12-13H2,1H3,(H,30,31)/b6-2+,7-3+. The molecule has 174 valence electrons. The summed E-state index contributed by atoms with van der Waals surface area (Å²) in [6, 6.07) is 7.28. The third kappa shape index (κ3) is 7.84. The van der Waals surface area contributed by atoms with Gasteiger partial charge in [-0.1, -0.05) is 24.3 Å². The van der Waals surface area contributed by atoms with E-state index in [1.54, 1.807) is 0 Å². The summed E-state index contributed by atoms with van der Waals surface area (Å²) >= 11 is 0. The van der Waals surface area contributed by atoms with E-state index in [1.807, 2.05) is 0 Å². The van der Waals surface area contributed by atoms with Crippen LogP contribution in [-0.2, 0) is 20.6 Å². The first-order valence-corrected chi connectivity index (χ1v) is 9.34. The number of hydrogen-bond acceptors (Lipinski definition) is 6. The molecule has 0 spiro atoms. The van der Waals surface area contributed by atoms with E-state index < -0.39 is 48.1 Å². The minimum atomic E-state index is -4.81. The van der Waals surface area contributed by atoms with Crippen molar-refractivity contribution in [2.24, 2.45) is 0 Å². The summed E-state index contributed by atoms with van der Waals surface area (Å²) in [5.41, 5.74) is -0.634. The second kappa shape index (κ2) is 11.0. The number of ketones is 2. The Hall–Kier alpha value is -4.08. The molecule has 0 aliphatic rings. The van der Waals surface area contributed by atoms with Crippen molar-refractivity contribution in [2.45, 2.75) is 12.6 Å². The minimum Gasteiger partial charge on any atom is -0.504 e. The van der Waals surface area contributed by atoms with Gasteiger partial charge in [-0.25, -0.2) is 4.79 Å². The van der Waals surface area contributed by atoms with E-state index >= 15 is 0 Å². The van der Waals surface area contributed by atoms with E-state index in [4.69, 9.17) is 9.84 Å². The summed E-state index contributed by atoms with van der Waals surface area (Å²) in [5, 5.41) is 18.1. The number of benzene rings is 2. The SMILES string of the molecule is COc1cc(/C=C/C(=O)CC(=O)/C=C/c2ccc(OCC(=O)O)c(C(F)(F)F)c2)ccc1O. The highest BCUT2D eigenvalue weighted by atomic mass is 19.4. The number of aromatic hydroxyl groups is 1. The fraction of sp³-hybridized carbons (Fsp3) is 0.174. The van der Waals surface area contributed by atoms with Crippen LogP contribution in [-0.4, -0.2) is 41.5 Å². The van der Waals surface area contributed by atoms with Gasteiger partial charge in [0, 0.05) is 0 Å². The lowest BCUT2D eigenvalue weighted by atomic mass is 10.1. The van der Waals surface area contributed by atoms with Gasteiger partial charge in [0.25, 0.3) is 0 Å². The predicted molar refractivity (Wildman–Crippen MR) is 112 cm³/mol. The van der Waals surface area contributed by atoms with Crippen molar-refractivity contribution in [1.82, 2.24) is 0 Å². The van der Waals surface area contributed by atoms with Crippen molar-refractivity contribution in [3.63, 3.8) is 0 Å². The van der Waals surface area contributed by atoms with E-state index in [0.717, 1.165) is 24.3 Å². The number of halogens is 3. The molecule has 2 rings (SSSR count). The summed E-state index contributed by atoms with van der Waals surface area (Å²) in [5.74, 6) is -3.11. The molecular formula is C23H19F3O7. The monoisotopic (exact) mass is 464 g/mol. The molecule has 2 aromatic carbocycles. The Morgan fingerprint density at radius 1 is 0.939 bits per heavy atom. The van der Waals surface area contributed by atoms with Gasteiger partial charge in [0.15, 0.2) is 29.7 Å². The highest BCUT2D eigenvalue weighted by Gasteiger charge is 2.34. The van der Waals surface area contributed by atoms with Crippen LogP contribution >= 0.6 is 0 Å². The summed E-state index contributed by atoms with van der Waals surface area (Å²) in [6.07, 6.45) is -0.642. The van der Waals surface area contributed by atoms with Crippen molar-refractivity contribution in [3.05, 3.63) is 65.2 Å². The second-order valence-corrected chi connectivity index (χ2v) is 6.64. The summed E-state index contributed by atoms with van der Waals surface area (Å²) in [7, 11) is 1.37. The highest BCUT2D eigenvalue weighted by molar-refractivity contribution is 6.10. The molecule has 0 saturated carbocycles. The number of alkyl halides is 3. The smallest absolute Gasteiger partial charge is 0.419 e. The maximum Gasteiger partial charge on any atom is 0.419 e. The Kier molecular flexibility index (Phi) is 8.38. The molecule has 0 fully saturated rings. The van der Waals surface area contributed by atoms with Crippen LogP contribution in [0.25, 0.3) is 12.2 Å². The van der Waals surface area contributed by atoms with Crippen LogP contribution in [0, 0.1) is 0 Å². The molecule has 0 atom stereocenters. The number of allylic oxidation sites excluding steroid dienone is 2. The van der Waals surface area contributed by atoms with Crippen LogP contribution in [0.15, 0.2) is 48.6 Å². The number of carboxylic acids is 1. The zero-order chi connectivity index (χ0) is 24.6. The Bertz CT molecular complexity index is 1100. The molecule has 0 aliphatic heterocycles. The van der Waals surface area contributed by atoms with Gasteiger partial charge < -0.3 is 19.7 Å². The molecule has 0 heterocycles. The van der Waals surface area contributed by atoms with Crippen LogP contribution < -0.4 is 9.47 Å². The zero-order valence-electron chi connectivity index (χ0n) is 17.3. The Morgan fingerprint density at radius 3 is 2.06 bits per heavy atom. The number of hydrogen-bond donors (Lipinski definition) is 2. The van der Waals surface area contributed by atoms with Gasteiger partial charge >= 0.3 is 12.1 Å². The highest BCUT2D eigenvalue weighted by Crippen LogP contribution is 2.37. The molecule has 2 N–H and O–H groups in total. The average molecular weight is 464 g/mol. The number of carbonyl (C=O) groups is 3. The summed E-state index contributed by atoms with van der Waals surface area (Å²) in [4.78, 5) is 34.5. The third-order valence-corrected chi connectivity index (χ3v) is 4.14. The van der Waals surface area contributed by atoms with E-state index in [0.29, 0.717) is 11.6 Å². The molecule has 0 saturated heterocycles. The average Bonchev–Trinajstić information content (AvgIpc) is 2.75. The molecule has 0 aliphatic carbocycles. The van der Waals surface area contributed by atoms with E-state index in [2.05, 4.69) is 4.74 Å². The molecule has 33 heavy (non-hydrogen) atoms. The van der Waals surface area contributed by atoms with E-state index in [-0.39, 0.29) is 17.1 Å². The van der Waals surface area contributed by atoms with Gasteiger partial charge in [-0.15, -0.1) is 0 Å². The Balaban J connectivity index is 2.05. The number of phenolic OH excluding ortho intramolecular Hbond substituents is 1. The maximum atomic E-state index is 13.2. The fourth-order valence-electron chi connectivity index (χ4n) is 2.60. The summed E-state index contributed by atoms with van der Waals surface area (Å²) in [6.45, 7) is -0.941. The molecule has 0 unspecified atom stereocenters. The van der Waals surface area contributed by atoms with Crippen molar-refractivity contribution < 1.29 is 47.2 Å². The zero-order valence-corrected chi connectivity index (χ0v) is 17.3. The lowest BCUT2D eigenvalue weighted by Gasteiger charge is -2.13. The minimum absolute atomic E-state index is 0.0116. The first-order chi connectivity index (χ1) is 15.5. The van der Waals surface area contributed by atoms with Gasteiger partial charge in [-0.2, -0.15) is 13.2 Å². The molecule has 7 nitrogen and oxygen atoms in total.